The van der Waals surface area contributed by atoms with Gasteiger partial charge in [-0.1, -0.05) is 12.1 Å². The molecule has 1 saturated carbocycles. The summed E-state index contributed by atoms with van der Waals surface area (Å²) >= 11 is 1.67. The van der Waals surface area contributed by atoms with Gasteiger partial charge in [0.25, 0.3) is 5.69 Å². The third-order valence-electron chi connectivity index (χ3n) is 3.76. The molecule has 0 radical (unpaired) electrons. The highest BCUT2D eigenvalue weighted by Gasteiger charge is 2.44. The number of hydrogen-bond acceptors (Lipinski definition) is 4. The molecule has 0 saturated heterocycles. The smallest absolute Gasteiger partial charge is 0.303 e. The fourth-order valence-electron chi connectivity index (χ4n) is 2.27. The fourth-order valence-corrected chi connectivity index (χ4v) is 3.73. The van der Waals surface area contributed by atoms with Crippen LogP contribution in [-0.2, 0) is 10.5 Å². The first kappa shape index (κ1) is 14.8. The molecule has 0 aromatic heterocycles. The third-order valence-corrected chi connectivity index (χ3v) is 5.09. The zero-order valence-electron chi connectivity index (χ0n) is 11.3. The van der Waals surface area contributed by atoms with Crippen LogP contribution in [-0.4, -0.2) is 21.8 Å². The van der Waals surface area contributed by atoms with Crippen LogP contribution in [0.3, 0.4) is 0 Å². The van der Waals surface area contributed by atoms with Gasteiger partial charge in [-0.15, -0.1) is 0 Å². The summed E-state index contributed by atoms with van der Waals surface area (Å²) in [5.41, 5.74) is 1.77. The van der Waals surface area contributed by atoms with Gasteiger partial charge in [0.2, 0.25) is 0 Å². The van der Waals surface area contributed by atoms with E-state index in [1.807, 2.05) is 6.07 Å². The van der Waals surface area contributed by atoms with E-state index in [9.17, 15) is 14.9 Å². The lowest BCUT2D eigenvalue weighted by Crippen LogP contribution is -2.11. The van der Waals surface area contributed by atoms with Crippen molar-refractivity contribution in [1.82, 2.24) is 0 Å². The molecule has 1 aliphatic carbocycles. The van der Waals surface area contributed by atoms with E-state index < -0.39 is 5.97 Å². The van der Waals surface area contributed by atoms with Gasteiger partial charge in [0.05, 0.1) is 11.3 Å². The van der Waals surface area contributed by atoms with E-state index >= 15 is 0 Å². The highest BCUT2D eigenvalue weighted by Crippen LogP contribution is 2.51. The van der Waals surface area contributed by atoms with Crippen molar-refractivity contribution in [3.63, 3.8) is 0 Å². The van der Waals surface area contributed by atoms with Crippen molar-refractivity contribution < 1.29 is 14.8 Å². The molecule has 0 spiro atoms. The molecule has 0 unspecified atom stereocenters. The van der Waals surface area contributed by atoms with Gasteiger partial charge in [-0.25, -0.2) is 0 Å². The lowest BCUT2D eigenvalue weighted by molar-refractivity contribution is -0.385. The van der Waals surface area contributed by atoms with Gasteiger partial charge in [0, 0.05) is 17.4 Å². The van der Waals surface area contributed by atoms with Crippen LogP contribution in [0.2, 0.25) is 0 Å². The van der Waals surface area contributed by atoms with Crippen LogP contribution in [0.1, 0.15) is 30.4 Å². The molecule has 20 heavy (non-hydrogen) atoms. The van der Waals surface area contributed by atoms with Crippen LogP contribution >= 0.6 is 11.8 Å². The van der Waals surface area contributed by atoms with Gasteiger partial charge in [-0.2, -0.15) is 11.8 Å². The quantitative estimate of drug-likeness (QED) is 0.616. The van der Waals surface area contributed by atoms with Gasteiger partial charge in [-0.3, -0.25) is 14.9 Å². The monoisotopic (exact) mass is 295 g/mol. The normalized spacial score (nSPS) is 15.8. The molecule has 0 amide bonds. The van der Waals surface area contributed by atoms with Crippen molar-refractivity contribution in [3.05, 3.63) is 39.4 Å². The summed E-state index contributed by atoms with van der Waals surface area (Å²) in [5.74, 6) is 0.755. The molecule has 0 atom stereocenters. The van der Waals surface area contributed by atoms with Gasteiger partial charge >= 0.3 is 5.97 Å². The topological polar surface area (TPSA) is 80.4 Å². The molecule has 6 heteroatoms. The Morgan fingerprint density at radius 1 is 1.50 bits per heavy atom. The number of carboxylic acid groups (broad SMARTS) is 1. The van der Waals surface area contributed by atoms with Crippen molar-refractivity contribution in [3.8, 4) is 0 Å². The highest BCUT2D eigenvalue weighted by molar-refractivity contribution is 7.98. The van der Waals surface area contributed by atoms with Crippen LogP contribution in [0.25, 0.3) is 0 Å². The Bertz CT molecular complexity index is 540. The molecule has 0 aliphatic heterocycles. The maximum atomic E-state index is 10.9. The SMILES string of the molecule is Cc1c(CSCC2(CC(=O)O)CC2)cccc1[N+](=O)[O-]. The molecule has 0 heterocycles. The van der Waals surface area contributed by atoms with Crippen molar-refractivity contribution in [2.45, 2.75) is 31.9 Å². The molecule has 1 N–H and O–H groups in total. The van der Waals surface area contributed by atoms with E-state index in [2.05, 4.69) is 0 Å². The maximum Gasteiger partial charge on any atom is 0.303 e. The Labute approximate surface area is 121 Å². The number of carbonyl (C=O) groups is 1. The summed E-state index contributed by atoms with van der Waals surface area (Å²) < 4.78 is 0. The van der Waals surface area contributed by atoms with E-state index in [1.54, 1.807) is 24.8 Å². The molecule has 1 aromatic carbocycles. The molecular weight excluding hydrogens is 278 g/mol. The predicted molar refractivity (Wildman–Crippen MR) is 77.9 cm³/mol. The average Bonchev–Trinajstić information content (AvgIpc) is 3.10. The van der Waals surface area contributed by atoms with Gasteiger partial charge in [0.15, 0.2) is 0 Å². The number of aliphatic carboxylic acids is 1. The first-order valence-electron chi connectivity index (χ1n) is 6.46. The van der Waals surface area contributed by atoms with Gasteiger partial charge in [0.1, 0.15) is 0 Å². The Hall–Kier alpha value is -1.56. The van der Waals surface area contributed by atoms with Gasteiger partial charge in [-0.05, 0) is 36.5 Å². The zero-order valence-corrected chi connectivity index (χ0v) is 12.1. The van der Waals surface area contributed by atoms with Crippen molar-refractivity contribution >= 4 is 23.4 Å². The summed E-state index contributed by atoms with van der Waals surface area (Å²) in [6, 6.07) is 5.10. The summed E-state index contributed by atoms with van der Waals surface area (Å²) in [4.78, 5) is 21.3. The summed E-state index contributed by atoms with van der Waals surface area (Å²) in [6.45, 7) is 1.76. The highest BCUT2D eigenvalue weighted by atomic mass is 32.2. The standard InChI is InChI=1S/C14H17NO4S/c1-10-11(3-2-4-12(10)15(18)19)8-20-9-14(5-6-14)7-13(16)17/h2-4H,5-9H2,1H3,(H,16,17). The number of rotatable bonds is 7. The molecule has 0 bridgehead atoms. The second-order valence-corrected chi connectivity index (χ2v) is 6.37. The van der Waals surface area contributed by atoms with E-state index in [4.69, 9.17) is 5.11 Å². The van der Waals surface area contributed by atoms with Crippen LogP contribution in [0, 0.1) is 22.5 Å². The Morgan fingerprint density at radius 3 is 2.75 bits per heavy atom. The third kappa shape index (κ3) is 3.50. The summed E-state index contributed by atoms with van der Waals surface area (Å²) in [6.07, 6.45) is 2.17. The number of carboxylic acids is 1. The number of hydrogen-bond donors (Lipinski definition) is 1. The summed E-state index contributed by atoms with van der Waals surface area (Å²) in [7, 11) is 0. The Morgan fingerprint density at radius 2 is 2.20 bits per heavy atom. The molecule has 5 nitrogen and oxygen atoms in total. The maximum absolute atomic E-state index is 10.9. The number of nitrogens with zero attached hydrogens (tertiary/aromatic N) is 1. The lowest BCUT2D eigenvalue weighted by Gasteiger charge is -2.12. The molecular formula is C14H17NO4S. The first-order valence-corrected chi connectivity index (χ1v) is 7.61. The van der Waals surface area contributed by atoms with Crippen LogP contribution in [0.5, 0.6) is 0 Å². The largest absolute Gasteiger partial charge is 0.481 e. The van der Waals surface area contributed by atoms with E-state index in [1.165, 1.54) is 6.07 Å². The van der Waals surface area contributed by atoms with Crippen molar-refractivity contribution in [1.29, 1.82) is 0 Å². The average molecular weight is 295 g/mol. The van der Waals surface area contributed by atoms with Gasteiger partial charge < -0.3 is 5.11 Å². The Balaban J connectivity index is 1.93. The van der Waals surface area contributed by atoms with E-state index in [0.717, 1.165) is 24.2 Å². The molecule has 1 aliphatic rings. The lowest BCUT2D eigenvalue weighted by atomic mass is 10.1. The number of nitro groups is 1. The van der Waals surface area contributed by atoms with Crippen molar-refractivity contribution in [2.75, 3.05) is 5.75 Å². The van der Waals surface area contributed by atoms with Crippen LogP contribution in [0.15, 0.2) is 18.2 Å². The minimum Gasteiger partial charge on any atom is -0.481 e. The molecule has 108 valence electrons. The Kier molecular flexibility index (Phi) is 4.32. The minimum atomic E-state index is -0.741. The molecule has 2 rings (SSSR count). The zero-order chi connectivity index (χ0) is 14.8. The van der Waals surface area contributed by atoms with E-state index in [-0.39, 0.29) is 22.4 Å². The second-order valence-electron chi connectivity index (χ2n) is 5.38. The van der Waals surface area contributed by atoms with E-state index in [0.29, 0.717) is 11.3 Å². The second kappa shape index (κ2) is 5.83. The fraction of sp³-hybridized carbons (Fsp3) is 0.500. The van der Waals surface area contributed by atoms with Crippen molar-refractivity contribution in [2.24, 2.45) is 5.41 Å². The van der Waals surface area contributed by atoms with Crippen LogP contribution in [0.4, 0.5) is 5.69 Å². The minimum absolute atomic E-state index is 0.0366. The summed E-state index contributed by atoms with van der Waals surface area (Å²) in [5, 5.41) is 19.7. The number of thioether (sulfide) groups is 1. The molecule has 1 aromatic rings. The van der Waals surface area contributed by atoms with Crippen LogP contribution < -0.4 is 0 Å². The first-order chi connectivity index (χ1) is 9.43. The number of nitro benzene ring substituents is 1. The number of benzene rings is 1. The predicted octanol–water partition coefficient (Wildman–Crippen LogP) is 3.39. The molecule has 1 fully saturated rings.